The number of hydrogen-bond donors (Lipinski definition) is 1. The quantitative estimate of drug-likeness (QED) is 0.664. The lowest BCUT2D eigenvalue weighted by Gasteiger charge is -2.22. The van der Waals surface area contributed by atoms with Gasteiger partial charge in [-0.05, 0) is 18.8 Å². The first-order chi connectivity index (χ1) is 9.49. The van der Waals surface area contributed by atoms with Crippen LogP contribution in [0.4, 0.5) is 5.69 Å². The molecule has 0 aromatic carbocycles. The van der Waals surface area contributed by atoms with E-state index in [2.05, 4.69) is 0 Å². The van der Waals surface area contributed by atoms with E-state index >= 15 is 0 Å². The number of primary amides is 1. The molecular weight excluding hydrogens is 262 g/mol. The van der Waals surface area contributed by atoms with Gasteiger partial charge in [-0.3, -0.25) is 19.7 Å². The van der Waals surface area contributed by atoms with Crippen LogP contribution in [0.15, 0.2) is 17.1 Å². The fourth-order valence-electron chi connectivity index (χ4n) is 2.68. The van der Waals surface area contributed by atoms with Gasteiger partial charge in [-0.2, -0.15) is 0 Å². The summed E-state index contributed by atoms with van der Waals surface area (Å²) in [6.45, 7) is 0.404. The molecule has 1 aliphatic carbocycles. The van der Waals surface area contributed by atoms with Crippen molar-refractivity contribution in [3.05, 3.63) is 38.3 Å². The summed E-state index contributed by atoms with van der Waals surface area (Å²) in [6, 6.07) is 0.946. The van der Waals surface area contributed by atoms with Gasteiger partial charge in [0, 0.05) is 12.6 Å². The first-order valence-electron chi connectivity index (χ1n) is 6.67. The summed E-state index contributed by atoms with van der Waals surface area (Å²) in [5, 5.41) is 10.9. The van der Waals surface area contributed by atoms with Gasteiger partial charge >= 0.3 is 0 Å². The predicted molar refractivity (Wildman–Crippen MR) is 72.4 cm³/mol. The molecule has 7 heteroatoms. The second-order valence-electron chi connectivity index (χ2n) is 5.19. The third-order valence-corrected chi connectivity index (χ3v) is 3.73. The van der Waals surface area contributed by atoms with E-state index in [4.69, 9.17) is 5.73 Å². The smallest absolute Gasteiger partial charge is 0.286 e. The molecule has 1 fully saturated rings. The Hall–Kier alpha value is -2.18. The normalized spacial score (nSPS) is 16.0. The van der Waals surface area contributed by atoms with Crippen molar-refractivity contribution in [2.45, 2.75) is 38.6 Å². The molecule has 1 amide bonds. The Morgan fingerprint density at radius 1 is 1.40 bits per heavy atom. The first kappa shape index (κ1) is 14.2. The summed E-state index contributed by atoms with van der Waals surface area (Å²) in [4.78, 5) is 33.6. The molecule has 0 spiro atoms. The predicted octanol–water partition coefficient (Wildman–Crippen LogP) is 1.44. The number of hydrogen-bond acceptors (Lipinski definition) is 4. The minimum Gasteiger partial charge on any atom is -0.365 e. The number of nitrogens with two attached hydrogens (primary N) is 1. The standard InChI is InChI=1S/C13H17N3O4/c14-12(17)11-6-10(16(19)20)8-15(13(11)18)7-9-4-2-1-3-5-9/h6,8-9H,1-5,7H2,(H2,14,17). The number of carbonyl (C=O) groups is 1. The van der Waals surface area contributed by atoms with Gasteiger partial charge in [0.2, 0.25) is 0 Å². The monoisotopic (exact) mass is 279 g/mol. The van der Waals surface area contributed by atoms with Crippen LogP contribution in [0.25, 0.3) is 0 Å². The molecule has 1 heterocycles. The molecule has 7 nitrogen and oxygen atoms in total. The van der Waals surface area contributed by atoms with Crippen LogP contribution >= 0.6 is 0 Å². The number of aromatic nitrogens is 1. The maximum atomic E-state index is 12.1. The third kappa shape index (κ3) is 3.04. The highest BCUT2D eigenvalue weighted by Crippen LogP contribution is 2.25. The maximum absolute atomic E-state index is 12.1. The van der Waals surface area contributed by atoms with Crippen molar-refractivity contribution in [3.8, 4) is 0 Å². The van der Waals surface area contributed by atoms with Crippen molar-refractivity contribution in [2.24, 2.45) is 11.7 Å². The van der Waals surface area contributed by atoms with Crippen LogP contribution < -0.4 is 11.3 Å². The molecular formula is C13H17N3O4. The number of nitrogens with zero attached hydrogens (tertiary/aromatic N) is 2. The molecule has 1 aliphatic rings. The summed E-state index contributed by atoms with van der Waals surface area (Å²) >= 11 is 0. The largest absolute Gasteiger partial charge is 0.365 e. The molecule has 0 aliphatic heterocycles. The highest BCUT2D eigenvalue weighted by molar-refractivity contribution is 5.92. The molecule has 1 aromatic rings. The number of pyridine rings is 1. The molecule has 0 saturated heterocycles. The van der Waals surface area contributed by atoms with Gasteiger partial charge in [0.1, 0.15) is 5.56 Å². The van der Waals surface area contributed by atoms with Gasteiger partial charge < -0.3 is 10.3 Å². The maximum Gasteiger partial charge on any atom is 0.286 e. The molecule has 0 radical (unpaired) electrons. The Kier molecular flexibility index (Phi) is 4.16. The first-order valence-corrected chi connectivity index (χ1v) is 6.67. The van der Waals surface area contributed by atoms with E-state index < -0.39 is 16.4 Å². The highest BCUT2D eigenvalue weighted by Gasteiger charge is 2.20. The highest BCUT2D eigenvalue weighted by atomic mass is 16.6. The molecule has 0 unspecified atom stereocenters. The van der Waals surface area contributed by atoms with Crippen LogP contribution in [-0.2, 0) is 6.54 Å². The zero-order valence-corrected chi connectivity index (χ0v) is 11.1. The van der Waals surface area contributed by atoms with Crippen molar-refractivity contribution >= 4 is 11.6 Å². The van der Waals surface area contributed by atoms with Crippen LogP contribution in [0.5, 0.6) is 0 Å². The second kappa shape index (κ2) is 5.85. The zero-order valence-electron chi connectivity index (χ0n) is 11.1. The van der Waals surface area contributed by atoms with Gasteiger partial charge in [0.25, 0.3) is 17.2 Å². The lowest BCUT2D eigenvalue weighted by Crippen LogP contribution is -2.31. The van der Waals surface area contributed by atoms with Crippen LogP contribution in [0.3, 0.4) is 0 Å². The van der Waals surface area contributed by atoms with E-state index in [9.17, 15) is 19.7 Å². The van der Waals surface area contributed by atoms with Gasteiger partial charge in [-0.15, -0.1) is 0 Å². The summed E-state index contributed by atoms with van der Waals surface area (Å²) in [5.74, 6) is -0.611. The molecule has 20 heavy (non-hydrogen) atoms. The fraction of sp³-hybridized carbons (Fsp3) is 0.538. The molecule has 2 rings (SSSR count). The summed E-state index contributed by atoms with van der Waals surface area (Å²) in [6.07, 6.45) is 6.60. The van der Waals surface area contributed by atoms with E-state index in [1.54, 1.807) is 0 Å². The van der Waals surface area contributed by atoms with Crippen molar-refractivity contribution in [3.63, 3.8) is 0 Å². The fourth-order valence-corrected chi connectivity index (χ4v) is 2.68. The topological polar surface area (TPSA) is 108 Å². The van der Waals surface area contributed by atoms with Gasteiger partial charge in [-0.1, -0.05) is 19.3 Å². The van der Waals surface area contributed by atoms with Crippen LogP contribution in [0.2, 0.25) is 0 Å². The lowest BCUT2D eigenvalue weighted by atomic mass is 9.89. The van der Waals surface area contributed by atoms with Crippen LogP contribution in [-0.4, -0.2) is 15.4 Å². The van der Waals surface area contributed by atoms with Crippen molar-refractivity contribution in [2.75, 3.05) is 0 Å². The van der Waals surface area contributed by atoms with Crippen molar-refractivity contribution in [1.82, 2.24) is 4.57 Å². The van der Waals surface area contributed by atoms with Crippen molar-refractivity contribution < 1.29 is 9.72 Å². The Labute approximate surface area is 115 Å². The Morgan fingerprint density at radius 3 is 2.60 bits per heavy atom. The zero-order chi connectivity index (χ0) is 14.7. The second-order valence-corrected chi connectivity index (χ2v) is 5.19. The minimum atomic E-state index is -0.934. The average Bonchev–Trinajstić information content (AvgIpc) is 2.41. The summed E-state index contributed by atoms with van der Waals surface area (Å²) in [7, 11) is 0. The molecule has 108 valence electrons. The molecule has 1 aromatic heterocycles. The number of rotatable bonds is 4. The van der Waals surface area contributed by atoms with E-state index in [1.165, 1.54) is 17.2 Å². The van der Waals surface area contributed by atoms with Gasteiger partial charge in [0.05, 0.1) is 11.1 Å². The van der Waals surface area contributed by atoms with E-state index in [0.29, 0.717) is 12.5 Å². The van der Waals surface area contributed by atoms with Crippen LogP contribution in [0, 0.1) is 16.0 Å². The van der Waals surface area contributed by atoms with E-state index in [-0.39, 0.29) is 11.3 Å². The van der Waals surface area contributed by atoms with Crippen molar-refractivity contribution in [1.29, 1.82) is 0 Å². The Balaban J connectivity index is 2.37. The lowest BCUT2D eigenvalue weighted by molar-refractivity contribution is -0.385. The molecule has 1 saturated carbocycles. The Morgan fingerprint density at radius 2 is 2.05 bits per heavy atom. The van der Waals surface area contributed by atoms with E-state index in [1.807, 2.05) is 0 Å². The van der Waals surface area contributed by atoms with Crippen LogP contribution in [0.1, 0.15) is 42.5 Å². The number of nitro groups is 1. The summed E-state index contributed by atoms with van der Waals surface area (Å²) in [5.41, 5.74) is 3.96. The molecule has 2 N–H and O–H groups in total. The van der Waals surface area contributed by atoms with Gasteiger partial charge in [0.15, 0.2) is 0 Å². The number of amides is 1. The SMILES string of the molecule is NC(=O)c1cc([N+](=O)[O-])cn(CC2CCCCC2)c1=O. The molecule has 0 bridgehead atoms. The minimum absolute atomic E-state index is 0.283. The Bertz CT molecular complexity index is 588. The summed E-state index contributed by atoms with van der Waals surface area (Å²) < 4.78 is 1.26. The van der Waals surface area contributed by atoms with Gasteiger partial charge in [-0.25, -0.2) is 0 Å². The average molecular weight is 279 g/mol. The third-order valence-electron chi connectivity index (χ3n) is 3.73. The number of carbonyl (C=O) groups excluding carboxylic acids is 1. The molecule has 0 atom stereocenters. The van der Waals surface area contributed by atoms with E-state index in [0.717, 1.165) is 31.7 Å².